The van der Waals surface area contributed by atoms with Gasteiger partial charge >= 0.3 is 11.9 Å². The molecule has 5 heteroatoms. The number of carbonyl (C=O) groups is 2. The van der Waals surface area contributed by atoms with Gasteiger partial charge in [-0.2, -0.15) is 0 Å². The average Bonchev–Trinajstić information content (AvgIpc) is 2.61. The number of carboxylic acids is 2. The van der Waals surface area contributed by atoms with E-state index in [4.69, 9.17) is 15.9 Å². The van der Waals surface area contributed by atoms with Crippen LogP contribution in [-0.2, 0) is 16.0 Å². The van der Waals surface area contributed by atoms with Crippen molar-refractivity contribution in [1.82, 2.24) is 0 Å². The van der Waals surface area contributed by atoms with Gasteiger partial charge in [0.2, 0.25) is 0 Å². The van der Waals surface area contributed by atoms with Crippen molar-refractivity contribution < 1.29 is 19.8 Å². The van der Waals surface area contributed by atoms with Crippen LogP contribution in [0.4, 0.5) is 0 Å². The molecule has 0 heterocycles. The van der Waals surface area contributed by atoms with E-state index in [1.807, 2.05) is 66.7 Å². The molecule has 1 atom stereocenters. The minimum absolute atomic E-state index is 0.385. The first-order chi connectivity index (χ1) is 12.0. The molecule has 0 amide bonds. The number of aliphatic carboxylic acids is 2. The number of carboxylic acid groups (broad SMARTS) is 2. The standard InChI is InChI=1S/C11H10O2.C9H11NO2/c12-11(13)9-5-4-8-10-6-2-1-3-7-10;10-8(9(11)12)6-7-4-2-1-3-5-7/h1-9H,(H,12,13);1-5,8H,6,10H2,(H,11,12). The smallest absolute Gasteiger partial charge is 0.328 e. The predicted molar refractivity (Wildman–Crippen MR) is 98.0 cm³/mol. The van der Waals surface area contributed by atoms with Crippen molar-refractivity contribution in [2.45, 2.75) is 12.5 Å². The van der Waals surface area contributed by atoms with Gasteiger partial charge in [0, 0.05) is 6.08 Å². The van der Waals surface area contributed by atoms with Crippen molar-refractivity contribution in [3.63, 3.8) is 0 Å². The van der Waals surface area contributed by atoms with Crippen LogP contribution in [0, 0.1) is 0 Å². The Kier molecular flexibility index (Phi) is 9.04. The van der Waals surface area contributed by atoms with Crippen LogP contribution in [0.15, 0.2) is 78.9 Å². The normalized spacial score (nSPS) is 11.7. The third-order valence-corrected chi connectivity index (χ3v) is 3.05. The Morgan fingerprint density at radius 3 is 2.00 bits per heavy atom. The highest BCUT2D eigenvalue weighted by atomic mass is 16.4. The third-order valence-electron chi connectivity index (χ3n) is 3.05. The van der Waals surface area contributed by atoms with Crippen molar-refractivity contribution >= 4 is 18.0 Å². The molecule has 5 nitrogen and oxygen atoms in total. The molecule has 0 saturated carbocycles. The van der Waals surface area contributed by atoms with Crippen LogP contribution in [-0.4, -0.2) is 28.2 Å². The molecule has 0 bridgehead atoms. The number of benzene rings is 2. The van der Waals surface area contributed by atoms with Crippen LogP contribution in [0.5, 0.6) is 0 Å². The number of nitrogens with two attached hydrogens (primary N) is 1. The molecule has 0 aliphatic rings. The Morgan fingerprint density at radius 1 is 0.920 bits per heavy atom. The number of hydrogen-bond acceptors (Lipinski definition) is 3. The lowest BCUT2D eigenvalue weighted by Gasteiger charge is -2.04. The quantitative estimate of drug-likeness (QED) is 0.555. The summed E-state index contributed by atoms with van der Waals surface area (Å²) in [5.74, 6) is -1.89. The van der Waals surface area contributed by atoms with Crippen LogP contribution in [0.25, 0.3) is 6.08 Å². The Labute approximate surface area is 146 Å². The Balaban J connectivity index is 0.000000251. The van der Waals surface area contributed by atoms with Crippen molar-refractivity contribution in [3.8, 4) is 0 Å². The maximum Gasteiger partial charge on any atom is 0.328 e. The van der Waals surface area contributed by atoms with Crippen LogP contribution in [0.3, 0.4) is 0 Å². The second-order valence-electron chi connectivity index (χ2n) is 5.10. The zero-order valence-electron chi connectivity index (χ0n) is 13.7. The Hall–Kier alpha value is -3.18. The third kappa shape index (κ3) is 9.53. The largest absolute Gasteiger partial charge is 0.480 e. The fourth-order valence-electron chi connectivity index (χ4n) is 1.82. The van der Waals surface area contributed by atoms with Crippen LogP contribution in [0.2, 0.25) is 0 Å². The maximum absolute atomic E-state index is 10.4. The molecule has 130 valence electrons. The molecule has 2 rings (SSSR count). The van der Waals surface area contributed by atoms with E-state index in [0.29, 0.717) is 6.42 Å². The first kappa shape index (κ1) is 19.9. The zero-order chi connectivity index (χ0) is 18.5. The molecule has 25 heavy (non-hydrogen) atoms. The highest BCUT2D eigenvalue weighted by Crippen LogP contribution is 2.01. The van der Waals surface area contributed by atoms with E-state index in [9.17, 15) is 9.59 Å². The number of hydrogen-bond donors (Lipinski definition) is 3. The van der Waals surface area contributed by atoms with E-state index in [1.165, 1.54) is 6.08 Å². The monoisotopic (exact) mass is 339 g/mol. The summed E-state index contributed by atoms with van der Waals surface area (Å²) in [6.45, 7) is 0. The SMILES string of the molecule is NC(Cc1ccccc1)C(=O)O.O=C(O)C=CC=Cc1ccccc1. The van der Waals surface area contributed by atoms with E-state index < -0.39 is 18.0 Å². The number of allylic oxidation sites excluding steroid dienone is 2. The van der Waals surface area contributed by atoms with Crippen molar-refractivity contribution in [2.24, 2.45) is 5.73 Å². The highest BCUT2D eigenvalue weighted by molar-refractivity contribution is 5.80. The summed E-state index contributed by atoms with van der Waals surface area (Å²) in [7, 11) is 0. The van der Waals surface area contributed by atoms with E-state index in [-0.39, 0.29) is 0 Å². The highest BCUT2D eigenvalue weighted by Gasteiger charge is 2.10. The van der Waals surface area contributed by atoms with Gasteiger partial charge in [-0.25, -0.2) is 4.79 Å². The fraction of sp³-hybridized carbons (Fsp3) is 0.100. The second kappa shape index (κ2) is 11.4. The van der Waals surface area contributed by atoms with E-state index >= 15 is 0 Å². The topological polar surface area (TPSA) is 101 Å². The van der Waals surface area contributed by atoms with E-state index in [0.717, 1.165) is 17.2 Å². The predicted octanol–water partition coefficient (Wildman–Crippen LogP) is 2.98. The summed E-state index contributed by atoms with van der Waals surface area (Å²) < 4.78 is 0. The molecule has 4 N–H and O–H groups in total. The van der Waals surface area contributed by atoms with Gasteiger partial charge < -0.3 is 15.9 Å². The molecule has 0 spiro atoms. The summed E-state index contributed by atoms with van der Waals surface area (Å²) in [6, 6.07) is 18.2. The molecular weight excluding hydrogens is 318 g/mol. The van der Waals surface area contributed by atoms with E-state index in [2.05, 4.69) is 0 Å². The van der Waals surface area contributed by atoms with Crippen LogP contribution >= 0.6 is 0 Å². The molecule has 0 radical (unpaired) electrons. The molecule has 0 aliphatic heterocycles. The molecule has 0 saturated heterocycles. The first-order valence-corrected chi connectivity index (χ1v) is 7.64. The summed E-state index contributed by atoms with van der Waals surface area (Å²) in [5, 5.41) is 16.8. The molecule has 0 fully saturated rings. The minimum atomic E-state index is -0.959. The van der Waals surface area contributed by atoms with E-state index in [1.54, 1.807) is 6.08 Å². The van der Waals surface area contributed by atoms with Crippen LogP contribution in [0.1, 0.15) is 11.1 Å². The van der Waals surface area contributed by atoms with Gasteiger partial charge in [-0.15, -0.1) is 0 Å². The average molecular weight is 339 g/mol. The molecule has 2 aromatic carbocycles. The molecule has 0 aliphatic carbocycles. The zero-order valence-corrected chi connectivity index (χ0v) is 13.7. The van der Waals surface area contributed by atoms with Crippen molar-refractivity contribution in [3.05, 3.63) is 90.0 Å². The maximum atomic E-state index is 10.4. The van der Waals surface area contributed by atoms with Gasteiger partial charge in [0.05, 0.1) is 0 Å². The molecule has 0 aromatic heterocycles. The van der Waals surface area contributed by atoms with Gasteiger partial charge in [-0.1, -0.05) is 78.9 Å². The van der Waals surface area contributed by atoms with Gasteiger partial charge in [0.15, 0.2) is 0 Å². The second-order valence-corrected chi connectivity index (χ2v) is 5.10. The minimum Gasteiger partial charge on any atom is -0.480 e. The Bertz CT molecular complexity index is 709. The summed E-state index contributed by atoms with van der Waals surface area (Å²) >= 11 is 0. The Morgan fingerprint density at radius 2 is 1.48 bits per heavy atom. The lowest BCUT2D eigenvalue weighted by Crippen LogP contribution is -2.32. The van der Waals surface area contributed by atoms with Crippen molar-refractivity contribution in [2.75, 3.05) is 0 Å². The summed E-state index contributed by atoms with van der Waals surface area (Å²) in [6.07, 6.45) is 6.52. The lowest BCUT2D eigenvalue weighted by atomic mass is 10.1. The van der Waals surface area contributed by atoms with Crippen LogP contribution < -0.4 is 5.73 Å². The molecule has 1 unspecified atom stereocenters. The van der Waals surface area contributed by atoms with Gasteiger partial charge in [0.1, 0.15) is 6.04 Å². The van der Waals surface area contributed by atoms with Gasteiger partial charge in [-0.3, -0.25) is 4.79 Å². The van der Waals surface area contributed by atoms with Gasteiger partial charge in [-0.05, 0) is 17.5 Å². The fourth-order valence-corrected chi connectivity index (χ4v) is 1.82. The summed E-state index contributed by atoms with van der Waals surface area (Å²) in [4.78, 5) is 20.5. The number of rotatable bonds is 6. The van der Waals surface area contributed by atoms with Crippen molar-refractivity contribution in [1.29, 1.82) is 0 Å². The molecule has 2 aromatic rings. The summed E-state index contributed by atoms with van der Waals surface area (Å²) in [5.41, 5.74) is 7.35. The molecular formula is C20H21NO4. The van der Waals surface area contributed by atoms with Gasteiger partial charge in [0.25, 0.3) is 0 Å². The lowest BCUT2D eigenvalue weighted by molar-refractivity contribution is -0.138. The first-order valence-electron chi connectivity index (χ1n) is 7.64.